The summed E-state index contributed by atoms with van der Waals surface area (Å²) in [4.78, 5) is 64.0. The minimum atomic E-state index is -1.19. The third kappa shape index (κ3) is 9.23. The molecule has 0 aliphatic carbocycles. The van der Waals surface area contributed by atoms with Crippen LogP contribution in [0.25, 0.3) is 11.0 Å². The zero-order valence-electron chi connectivity index (χ0n) is 27.3. The number of hydrogen-bond donors (Lipinski definition) is 3. The van der Waals surface area contributed by atoms with Gasteiger partial charge in [-0.2, -0.15) is 0 Å². The molecule has 2 aromatic carbocycles. The van der Waals surface area contributed by atoms with E-state index < -0.39 is 46.7 Å². The first-order valence-electron chi connectivity index (χ1n) is 15.4. The number of aromatic nitrogens is 4. The van der Waals surface area contributed by atoms with E-state index in [1.54, 1.807) is 14.1 Å². The number of carbonyl (C=O) groups excluding carboxylic acids is 3. The molecule has 16 heteroatoms. The number of aromatic amines is 1. The number of benzene rings is 2. The first-order valence-corrected chi connectivity index (χ1v) is 15.4. The summed E-state index contributed by atoms with van der Waals surface area (Å²) in [7, 11) is 3.15. The summed E-state index contributed by atoms with van der Waals surface area (Å²) >= 11 is 0. The van der Waals surface area contributed by atoms with Crippen LogP contribution >= 0.6 is 0 Å². The van der Waals surface area contributed by atoms with Gasteiger partial charge in [0.05, 0.1) is 18.3 Å². The summed E-state index contributed by atoms with van der Waals surface area (Å²) in [6.07, 6.45) is 5.38. The summed E-state index contributed by atoms with van der Waals surface area (Å²) in [6, 6.07) is 9.07. The Labute approximate surface area is 287 Å². The molecule has 0 bridgehead atoms. The van der Waals surface area contributed by atoms with Crippen molar-refractivity contribution in [1.29, 1.82) is 0 Å². The molecule has 1 unspecified atom stereocenters. The normalized spacial score (nSPS) is 11.8. The van der Waals surface area contributed by atoms with Crippen LogP contribution in [0.2, 0.25) is 0 Å². The molecule has 3 aromatic heterocycles. The third-order valence-electron chi connectivity index (χ3n) is 7.47. The number of fused-ring (bicyclic) bond motifs is 1. The lowest BCUT2D eigenvalue weighted by molar-refractivity contribution is -0.123. The average molecular weight is 706 g/mol. The number of rotatable bonds is 13. The Hall–Kier alpha value is -6.32. The first-order chi connectivity index (χ1) is 24.4. The third-order valence-corrected chi connectivity index (χ3v) is 7.47. The Balaban J connectivity index is 1.32. The van der Waals surface area contributed by atoms with Crippen molar-refractivity contribution < 1.29 is 36.7 Å². The number of H-pyrrole nitrogens is 1. The van der Waals surface area contributed by atoms with Crippen molar-refractivity contribution in [2.75, 3.05) is 19.4 Å². The largest absolute Gasteiger partial charge is 0.486 e. The van der Waals surface area contributed by atoms with Crippen molar-refractivity contribution >= 4 is 34.4 Å². The predicted octanol–water partition coefficient (Wildman–Crippen LogP) is 4.47. The number of allylic oxidation sites excluding steroid dienone is 1. The van der Waals surface area contributed by atoms with E-state index in [4.69, 9.17) is 4.74 Å². The van der Waals surface area contributed by atoms with Gasteiger partial charge in [0.2, 0.25) is 11.8 Å². The molecule has 3 amide bonds. The van der Waals surface area contributed by atoms with Gasteiger partial charge in [0, 0.05) is 38.0 Å². The lowest BCUT2D eigenvalue weighted by Crippen LogP contribution is -2.44. The van der Waals surface area contributed by atoms with Gasteiger partial charge in [0.15, 0.2) is 5.75 Å². The van der Waals surface area contributed by atoms with E-state index >= 15 is 0 Å². The number of nitrogens with zero attached hydrogens (tertiary/aromatic N) is 4. The molecule has 5 aromatic rings. The van der Waals surface area contributed by atoms with E-state index in [1.165, 1.54) is 46.0 Å². The summed E-state index contributed by atoms with van der Waals surface area (Å²) < 4.78 is 62.0. The van der Waals surface area contributed by atoms with E-state index in [0.29, 0.717) is 6.07 Å². The molecule has 264 valence electrons. The van der Waals surface area contributed by atoms with Crippen LogP contribution < -0.4 is 20.9 Å². The highest BCUT2D eigenvalue weighted by molar-refractivity contribution is 6.00. The van der Waals surface area contributed by atoms with E-state index in [-0.39, 0.29) is 71.5 Å². The molecule has 0 fully saturated rings. The van der Waals surface area contributed by atoms with Gasteiger partial charge in [-0.05, 0) is 61.4 Å². The maximum absolute atomic E-state index is 14.4. The number of likely N-dealkylation sites (N-methyl/N-ethyl adjacent to an activating group) is 1. The van der Waals surface area contributed by atoms with Crippen LogP contribution in [0, 0.1) is 23.3 Å². The van der Waals surface area contributed by atoms with Gasteiger partial charge in [-0.3, -0.25) is 19.2 Å². The molecule has 12 nitrogen and oxygen atoms in total. The number of carbonyl (C=O) groups is 3. The van der Waals surface area contributed by atoms with Gasteiger partial charge in [0.25, 0.3) is 11.5 Å². The fraction of sp³-hybridized carbons (Fsp3) is 0.200. The van der Waals surface area contributed by atoms with Crippen LogP contribution in [0.4, 0.5) is 23.2 Å². The smallest absolute Gasteiger partial charge is 0.274 e. The van der Waals surface area contributed by atoms with Crippen LogP contribution in [-0.2, 0) is 22.7 Å². The molecule has 0 aliphatic rings. The minimum Gasteiger partial charge on any atom is -0.486 e. The molecule has 0 aliphatic heterocycles. The second kappa shape index (κ2) is 15.9. The number of halogens is 4. The van der Waals surface area contributed by atoms with E-state index in [0.717, 1.165) is 36.5 Å². The van der Waals surface area contributed by atoms with Crippen molar-refractivity contribution in [3.8, 4) is 5.75 Å². The Morgan fingerprint density at radius 1 is 1.02 bits per heavy atom. The summed E-state index contributed by atoms with van der Waals surface area (Å²) in [5, 5.41) is 5.07. The summed E-state index contributed by atoms with van der Waals surface area (Å²) in [5.41, 5.74) is -0.444. The van der Waals surface area contributed by atoms with E-state index in [1.807, 2.05) is 0 Å². The van der Waals surface area contributed by atoms with Crippen molar-refractivity contribution in [3.63, 3.8) is 0 Å². The van der Waals surface area contributed by atoms with Gasteiger partial charge < -0.3 is 29.8 Å². The molecule has 0 radical (unpaired) electrons. The number of pyridine rings is 2. The van der Waals surface area contributed by atoms with Gasteiger partial charge >= 0.3 is 0 Å². The molecule has 3 N–H and O–H groups in total. The Morgan fingerprint density at radius 2 is 1.80 bits per heavy atom. The molecule has 1 atom stereocenters. The van der Waals surface area contributed by atoms with E-state index in [9.17, 15) is 36.7 Å². The van der Waals surface area contributed by atoms with Gasteiger partial charge in [-0.25, -0.2) is 27.5 Å². The monoisotopic (exact) mass is 705 g/mol. The molecule has 0 saturated heterocycles. The van der Waals surface area contributed by atoms with Crippen molar-refractivity contribution in [2.24, 2.45) is 0 Å². The average Bonchev–Trinajstić information content (AvgIpc) is 3.49. The van der Waals surface area contributed by atoms with Crippen molar-refractivity contribution in [2.45, 2.75) is 32.0 Å². The molecule has 51 heavy (non-hydrogen) atoms. The fourth-order valence-electron chi connectivity index (χ4n) is 4.83. The van der Waals surface area contributed by atoms with Crippen molar-refractivity contribution in [3.05, 3.63) is 130 Å². The summed E-state index contributed by atoms with van der Waals surface area (Å²) in [5.74, 6) is -4.50. The van der Waals surface area contributed by atoms with Gasteiger partial charge in [-0.15, -0.1) is 0 Å². The van der Waals surface area contributed by atoms with E-state index in [2.05, 4.69) is 25.6 Å². The summed E-state index contributed by atoms with van der Waals surface area (Å²) in [6.45, 7) is -0.480. The van der Waals surface area contributed by atoms with Gasteiger partial charge in [0.1, 0.15) is 58.6 Å². The second-order valence-corrected chi connectivity index (χ2v) is 11.5. The number of imidazole rings is 1. The van der Waals surface area contributed by atoms with Crippen LogP contribution in [-0.4, -0.2) is 62.3 Å². The van der Waals surface area contributed by atoms with Gasteiger partial charge in [-0.1, -0.05) is 6.08 Å². The highest BCUT2D eigenvalue weighted by atomic mass is 19.1. The highest BCUT2D eigenvalue weighted by Gasteiger charge is 2.23. The molecule has 0 spiro atoms. The molecular weight excluding hydrogens is 674 g/mol. The maximum atomic E-state index is 14.4. The zero-order chi connectivity index (χ0) is 36.7. The quantitative estimate of drug-likeness (QED) is 0.121. The molecule has 3 heterocycles. The number of ether oxygens (including phenoxy) is 1. The number of hydrogen-bond acceptors (Lipinski definition) is 7. The predicted molar refractivity (Wildman–Crippen MR) is 178 cm³/mol. The highest BCUT2D eigenvalue weighted by Crippen LogP contribution is 2.27. The Morgan fingerprint density at radius 3 is 2.53 bits per heavy atom. The van der Waals surface area contributed by atoms with Crippen LogP contribution in [0.15, 0.2) is 83.9 Å². The molecule has 0 saturated carbocycles. The standard InChI is InChI=1S/C35H31F4N7O5/c1-45(2)31(47)8-4-3-6-26(42-33(48)25-12-11-22(37)17-40-25)34(49)43-27-7-5-13-46(35(27)50)18-30-41-28-15-23(38)16-29(32(28)44-30)51-19-20-9-10-21(36)14-24(20)39/h4-5,7-17,26H,3,6,18-19H2,1-2H3,(H,41,44)(H,42,48)(H,43,49)/b8-4+. The SMILES string of the molecule is CN(C)C(=O)/C=C/CCC(NC(=O)c1ccc(F)cn1)C(=O)Nc1cccn(Cc2nc3c(OCc4ccc(F)cc4F)cc(F)cc3[nH]2)c1=O. The number of nitrogens with one attached hydrogen (secondary N) is 3. The van der Waals surface area contributed by atoms with Crippen LogP contribution in [0.5, 0.6) is 5.75 Å². The Kier molecular flexibility index (Phi) is 11.2. The fourth-order valence-corrected chi connectivity index (χ4v) is 4.83. The topological polar surface area (TPSA) is 151 Å². The lowest BCUT2D eigenvalue weighted by Gasteiger charge is -2.18. The Bertz CT molecular complexity index is 2170. The van der Waals surface area contributed by atoms with Crippen LogP contribution in [0.3, 0.4) is 0 Å². The lowest BCUT2D eigenvalue weighted by atomic mass is 10.1. The number of anilines is 1. The molecule has 5 rings (SSSR count). The zero-order valence-corrected chi connectivity index (χ0v) is 27.3. The molecular formula is C35H31F4N7O5. The minimum absolute atomic E-state index is 0.0190. The first kappa shape index (κ1) is 36.0. The van der Waals surface area contributed by atoms with Crippen molar-refractivity contribution in [1.82, 2.24) is 29.7 Å². The second-order valence-electron chi connectivity index (χ2n) is 11.5. The van der Waals surface area contributed by atoms with Crippen LogP contribution in [0.1, 0.15) is 34.7 Å². The number of amides is 3. The maximum Gasteiger partial charge on any atom is 0.274 e.